The van der Waals surface area contributed by atoms with Gasteiger partial charge in [0.05, 0.1) is 11.3 Å². The van der Waals surface area contributed by atoms with Gasteiger partial charge in [-0.25, -0.2) is 9.97 Å². The number of aryl methyl sites for hydroxylation is 1. The lowest BCUT2D eigenvalue weighted by atomic mass is 10.1. The first kappa shape index (κ1) is 16.0. The summed E-state index contributed by atoms with van der Waals surface area (Å²) in [5.41, 5.74) is 4.76. The minimum atomic E-state index is -4.59. The molecule has 8 heteroatoms. The summed E-state index contributed by atoms with van der Waals surface area (Å²) in [7, 11) is 0. The number of hydrogen-bond acceptors (Lipinski definition) is 4. The summed E-state index contributed by atoms with van der Waals surface area (Å²) in [5, 5.41) is 9.28. The van der Waals surface area contributed by atoms with Crippen LogP contribution in [0.4, 0.5) is 19.0 Å². The van der Waals surface area contributed by atoms with Crippen LogP contribution in [0.3, 0.4) is 0 Å². The fourth-order valence-electron chi connectivity index (χ4n) is 1.99. The molecular weight excluding hydrogens is 297 g/mol. The number of aromatic nitrogens is 3. The van der Waals surface area contributed by atoms with Crippen molar-refractivity contribution in [1.82, 2.24) is 14.5 Å². The summed E-state index contributed by atoms with van der Waals surface area (Å²) in [6.45, 7) is 3.81. The van der Waals surface area contributed by atoms with Crippen molar-refractivity contribution in [2.24, 2.45) is 0 Å². The number of aliphatic hydroxyl groups excluding tert-OH is 1. The zero-order valence-corrected chi connectivity index (χ0v) is 11.6. The van der Waals surface area contributed by atoms with Crippen LogP contribution < -0.4 is 5.73 Å². The molecule has 2 aromatic heterocycles. The van der Waals surface area contributed by atoms with Crippen molar-refractivity contribution in [3.8, 4) is 11.3 Å². The van der Waals surface area contributed by atoms with Crippen LogP contribution in [0.5, 0.6) is 0 Å². The molecule has 0 amide bonds. The Labute approximate surface area is 124 Å². The van der Waals surface area contributed by atoms with Gasteiger partial charge in [0.2, 0.25) is 0 Å². The Hall–Kier alpha value is -2.35. The topological polar surface area (TPSA) is 77.0 Å². The molecule has 2 aromatic rings. The average Bonchev–Trinajstić information content (AvgIpc) is 2.87. The number of nitrogens with zero attached hydrogens (tertiary/aromatic N) is 3. The summed E-state index contributed by atoms with van der Waals surface area (Å²) < 4.78 is 40.3. The minimum Gasteiger partial charge on any atom is -0.388 e. The van der Waals surface area contributed by atoms with Gasteiger partial charge in [0.15, 0.2) is 0 Å². The van der Waals surface area contributed by atoms with Gasteiger partial charge in [-0.05, 0) is 12.5 Å². The minimum absolute atomic E-state index is 0.188. The third kappa shape index (κ3) is 3.28. The summed E-state index contributed by atoms with van der Waals surface area (Å²) >= 11 is 0. The lowest BCUT2D eigenvalue weighted by Crippen LogP contribution is -2.10. The van der Waals surface area contributed by atoms with E-state index in [0.29, 0.717) is 24.5 Å². The Morgan fingerprint density at radius 3 is 2.73 bits per heavy atom. The first-order chi connectivity index (χ1) is 10.4. The third-order valence-corrected chi connectivity index (χ3v) is 3.09. The highest BCUT2D eigenvalue weighted by Crippen LogP contribution is 2.34. The van der Waals surface area contributed by atoms with E-state index in [1.165, 1.54) is 6.20 Å². The molecule has 3 N–H and O–H groups in total. The second kappa shape index (κ2) is 6.18. The second-order valence-electron chi connectivity index (χ2n) is 4.63. The normalized spacial score (nSPS) is 11.6. The summed E-state index contributed by atoms with van der Waals surface area (Å²) in [6, 6.07) is 0.906. The molecule has 118 valence electrons. The molecule has 2 rings (SSSR count). The van der Waals surface area contributed by atoms with Crippen molar-refractivity contribution in [3.05, 3.63) is 42.5 Å². The number of imidazole rings is 1. The van der Waals surface area contributed by atoms with Gasteiger partial charge in [-0.3, -0.25) is 0 Å². The van der Waals surface area contributed by atoms with E-state index < -0.39 is 17.6 Å². The molecule has 0 aliphatic heterocycles. The zero-order valence-electron chi connectivity index (χ0n) is 11.6. The number of aliphatic hydroxyl groups is 1. The monoisotopic (exact) mass is 312 g/mol. The van der Waals surface area contributed by atoms with Crippen LogP contribution in [0.15, 0.2) is 31.1 Å². The molecular formula is C14H15F3N4O. The van der Waals surface area contributed by atoms with Gasteiger partial charge in [0, 0.05) is 24.5 Å². The molecule has 0 spiro atoms. The van der Waals surface area contributed by atoms with Crippen LogP contribution in [-0.2, 0) is 19.3 Å². The summed E-state index contributed by atoms with van der Waals surface area (Å²) in [5.74, 6) is -0.216. The van der Waals surface area contributed by atoms with Crippen LogP contribution in [-0.4, -0.2) is 19.6 Å². The molecule has 0 aliphatic rings. The number of anilines is 1. The molecule has 0 radical (unpaired) electrons. The number of pyridine rings is 1. The van der Waals surface area contributed by atoms with E-state index in [1.807, 2.05) is 0 Å². The number of nitrogen functional groups attached to an aromatic ring is 1. The Morgan fingerprint density at radius 1 is 1.41 bits per heavy atom. The maximum absolute atomic E-state index is 12.9. The van der Waals surface area contributed by atoms with Crippen molar-refractivity contribution in [1.29, 1.82) is 0 Å². The molecule has 0 saturated carbocycles. The molecule has 0 saturated heterocycles. The summed E-state index contributed by atoms with van der Waals surface area (Å²) in [6.07, 6.45) is 0.566. The fourth-order valence-corrected chi connectivity index (χ4v) is 1.99. The Bertz CT molecular complexity index is 679. The number of nitrogens with two attached hydrogens (primary N) is 1. The summed E-state index contributed by atoms with van der Waals surface area (Å²) in [4.78, 5) is 7.71. The number of halogens is 3. The first-order valence-corrected chi connectivity index (χ1v) is 6.47. The quantitative estimate of drug-likeness (QED) is 0.832. The third-order valence-electron chi connectivity index (χ3n) is 3.09. The molecule has 5 nitrogen and oxygen atoms in total. The van der Waals surface area contributed by atoms with E-state index in [4.69, 9.17) is 5.73 Å². The van der Waals surface area contributed by atoms with Crippen molar-refractivity contribution < 1.29 is 18.3 Å². The van der Waals surface area contributed by atoms with Gasteiger partial charge in [-0.1, -0.05) is 6.08 Å². The largest absolute Gasteiger partial charge is 0.419 e. The predicted molar refractivity (Wildman–Crippen MR) is 75.6 cm³/mol. The molecule has 22 heavy (non-hydrogen) atoms. The highest BCUT2D eigenvalue weighted by Gasteiger charge is 2.34. The SMILES string of the molecule is C=CCCn1cc(-c2cnc(N)c(C(F)(F)F)c2)nc1CO. The fraction of sp³-hybridized carbons (Fsp3) is 0.286. The molecule has 0 bridgehead atoms. The first-order valence-electron chi connectivity index (χ1n) is 6.47. The molecule has 2 heterocycles. The number of allylic oxidation sites excluding steroid dienone is 1. The Morgan fingerprint density at radius 2 is 2.14 bits per heavy atom. The average molecular weight is 312 g/mol. The molecule has 0 atom stereocenters. The number of alkyl halides is 3. The van der Waals surface area contributed by atoms with Crippen LogP contribution in [0.25, 0.3) is 11.3 Å². The van der Waals surface area contributed by atoms with Gasteiger partial charge in [0.25, 0.3) is 0 Å². The molecule has 0 fully saturated rings. The highest BCUT2D eigenvalue weighted by molar-refractivity contribution is 5.62. The molecule has 0 unspecified atom stereocenters. The highest BCUT2D eigenvalue weighted by atomic mass is 19.4. The Kier molecular flexibility index (Phi) is 4.51. The van der Waals surface area contributed by atoms with Gasteiger partial charge in [-0.2, -0.15) is 13.2 Å². The second-order valence-corrected chi connectivity index (χ2v) is 4.63. The van der Waals surface area contributed by atoms with Crippen molar-refractivity contribution in [2.45, 2.75) is 25.7 Å². The smallest absolute Gasteiger partial charge is 0.388 e. The van der Waals surface area contributed by atoms with Crippen molar-refractivity contribution in [2.75, 3.05) is 5.73 Å². The van der Waals surface area contributed by atoms with Crippen LogP contribution >= 0.6 is 0 Å². The van der Waals surface area contributed by atoms with Gasteiger partial charge >= 0.3 is 6.18 Å². The number of hydrogen-bond donors (Lipinski definition) is 2. The van der Waals surface area contributed by atoms with E-state index in [1.54, 1.807) is 16.8 Å². The van der Waals surface area contributed by atoms with Crippen LogP contribution in [0.1, 0.15) is 17.8 Å². The standard InChI is InChI=1S/C14H15F3N4O/c1-2-3-4-21-7-11(20-12(21)8-22)9-5-10(14(15,16)17)13(18)19-6-9/h2,5-7,22H,1,3-4,8H2,(H2,18,19). The number of rotatable bonds is 5. The van der Waals surface area contributed by atoms with Gasteiger partial charge in [0.1, 0.15) is 18.2 Å². The van der Waals surface area contributed by atoms with Gasteiger partial charge < -0.3 is 15.4 Å². The predicted octanol–water partition coefficient (Wildman–Crippen LogP) is 2.61. The van der Waals surface area contributed by atoms with Gasteiger partial charge in [-0.15, -0.1) is 6.58 Å². The van der Waals surface area contributed by atoms with E-state index in [-0.39, 0.29) is 12.2 Å². The molecule has 0 aliphatic carbocycles. The zero-order chi connectivity index (χ0) is 16.3. The Balaban J connectivity index is 2.44. The maximum atomic E-state index is 12.9. The lowest BCUT2D eigenvalue weighted by Gasteiger charge is -2.09. The van der Waals surface area contributed by atoms with Crippen molar-refractivity contribution >= 4 is 5.82 Å². The van der Waals surface area contributed by atoms with E-state index in [9.17, 15) is 18.3 Å². The molecule has 0 aromatic carbocycles. The lowest BCUT2D eigenvalue weighted by molar-refractivity contribution is -0.137. The van der Waals surface area contributed by atoms with Crippen LogP contribution in [0.2, 0.25) is 0 Å². The van der Waals surface area contributed by atoms with E-state index in [2.05, 4.69) is 16.5 Å². The van der Waals surface area contributed by atoms with E-state index in [0.717, 1.165) is 6.07 Å². The van der Waals surface area contributed by atoms with Crippen LogP contribution in [0, 0.1) is 0 Å². The maximum Gasteiger partial charge on any atom is 0.419 e. The van der Waals surface area contributed by atoms with Crippen molar-refractivity contribution in [3.63, 3.8) is 0 Å². The van der Waals surface area contributed by atoms with E-state index >= 15 is 0 Å².